The number of nitrogens with one attached hydrogen (secondary N) is 1. The minimum Gasteiger partial charge on any atom is -0.350 e. The van der Waals surface area contributed by atoms with Crippen LogP contribution in [0.2, 0.25) is 10.0 Å². The number of anilines is 1. The van der Waals surface area contributed by atoms with Gasteiger partial charge in [0.2, 0.25) is 5.91 Å². The Morgan fingerprint density at radius 3 is 2.35 bits per heavy atom. The Balaban J connectivity index is 1.51. The van der Waals surface area contributed by atoms with Crippen LogP contribution in [0.4, 0.5) is 5.69 Å². The Labute approximate surface area is 207 Å². The maximum Gasteiger partial charge on any atom is 0.264 e. The molecule has 0 fully saturated rings. The molecule has 1 aromatic heterocycles. The summed E-state index contributed by atoms with van der Waals surface area (Å²) in [6.07, 6.45) is 5.22. The van der Waals surface area contributed by atoms with Crippen molar-refractivity contribution in [3.63, 3.8) is 0 Å². The van der Waals surface area contributed by atoms with Crippen molar-refractivity contribution in [2.75, 3.05) is 10.8 Å². The van der Waals surface area contributed by atoms with Crippen LogP contribution in [0.1, 0.15) is 5.56 Å². The van der Waals surface area contributed by atoms with Crippen LogP contribution in [0.3, 0.4) is 0 Å². The first kappa shape index (κ1) is 23.8. The lowest BCUT2D eigenvalue weighted by molar-refractivity contribution is -0.119. The molecule has 0 bridgehead atoms. The number of hydrogen-bond donors (Lipinski definition) is 1. The fourth-order valence-corrected chi connectivity index (χ4v) is 4.99. The minimum atomic E-state index is -4.03. The summed E-state index contributed by atoms with van der Waals surface area (Å²) in [6, 6.07) is 19.9. The molecule has 174 valence electrons. The molecule has 1 amide bonds. The van der Waals surface area contributed by atoms with Crippen LogP contribution in [0.15, 0.2) is 96.4 Å². The van der Waals surface area contributed by atoms with Gasteiger partial charge in [-0.3, -0.25) is 9.10 Å². The van der Waals surface area contributed by atoms with Gasteiger partial charge in [0, 0.05) is 24.6 Å². The second-order valence-corrected chi connectivity index (χ2v) is 10.0. The summed E-state index contributed by atoms with van der Waals surface area (Å²) in [5.74, 6) is -0.468. The molecule has 4 rings (SSSR count). The minimum absolute atomic E-state index is 0.0592. The van der Waals surface area contributed by atoms with E-state index in [0.29, 0.717) is 0 Å². The Bertz CT molecular complexity index is 1380. The average Bonchev–Trinajstić information content (AvgIpc) is 3.39. The van der Waals surface area contributed by atoms with E-state index in [-0.39, 0.29) is 27.2 Å². The van der Waals surface area contributed by atoms with Gasteiger partial charge in [-0.2, -0.15) is 0 Å². The summed E-state index contributed by atoms with van der Waals surface area (Å²) in [4.78, 5) is 16.9. The highest BCUT2D eigenvalue weighted by Crippen LogP contribution is 2.30. The Hall–Kier alpha value is -3.33. The second kappa shape index (κ2) is 10.3. The van der Waals surface area contributed by atoms with Crippen molar-refractivity contribution < 1.29 is 13.2 Å². The van der Waals surface area contributed by atoms with Gasteiger partial charge in [0.15, 0.2) is 0 Å². The standard InChI is InChI=1S/C24H20Cl2N4O3S/c25-22-11-10-20(14-23(22)26)30(34(32,33)21-4-2-1-3-5-21)16-24(31)28-15-18-6-8-19(9-7-18)29-13-12-27-17-29/h1-14,17H,15-16H2,(H,28,31). The van der Waals surface area contributed by atoms with E-state index in [1.807, 2.05) is 35.0 Å². The number of nitrogens with zero attached hydrogens (tertiary/aromatic N) is 3. The number of imidazole rings is 1. The topological polar surface area (TPSA) is 84.3 Å². The maximum atomic E-state index is 13.4. The molecule has 0 saturated carbocycles. The molecule has 0 saturated heterocycles. The highest BCUT2D eigenvalue weighted by Gasteiger charge is 2.27. The molecule has 7 nitrogen and oxygen atoms in total. The number of hydrogen-bond acceptors (Lipinski definition) is 4. The fraction of sp³-hybridized carbons (Fsp3) is 0.0833. The largest absolute Gasteiger partial charge is 0.350 e. The van der Waals surface area contributed by atoms with Gasteiger partial charge in [-0.25, -0.2) is 13.4 Å². The SMILES string of the molecule is O=C(CN(c1ccc(Cl)c(Cl)c1)S(=O)(=O)c1ccccc1)NCc1ccc(-n2ccnc2)cc1. The Morgan fingerprint density at radius 1 is 0.971 bits per heavy atom. The first-order chi connectivity index (χ1) is 16.3. The summed E-state index contributed by atoms with van der Waals surface area (Å²) in [7, 11) is -4.03. The summed E-state index contributed by atoms with van der Waals surface area (Å²) in [5.41, 5.74) is 2.04. The molecule has 0 atom stereocenters. The molecule has 1 N–H and O–H groups in total. The normalized spacial score (nSPS) is 11.2. The lowest BCUT2D eigenvalue weighted by Gasteiger charge is -2.24. The number of benzene rings is 3. The molecule has 4 aromatic rings. The van der Waals surface area contributed by atoms with Crippen molar-refractivity contribution in [3.8, 4) is 5.69 Å². The predicted molar refractivity (Wildman–Crippen MR) is 133 cm³/mol. The number of carbonyl (C=O) groups excluding carboxylic acids is 1. The van der Waals surface area contributed by atoms with E-state index in [4.69, 9.17) is 23.2 Å². The van der Waals surface area contributed by atoms with Crippen molar-refractivity contribution in [3.05, 3.63) is 107 Å². The maximum absolute atomic E-state index is 13.4. The van der Waals surface area contributed by atoms with Gasteiger partial charge in [0.05, 0.1) is 27.0 Å². The van der Waals surface area contributed by atoms with Crippen LogP contribution in [-0.2, 0) is 21.4 Å². The quantitative estimate of drug-likeness (QED) is 0.369. The van der Waals surface area contributed by atoms with Crippen molar-refractivity contribution in [1.29, 1.82) is 0 Å². The third-order valence-electron chi connectivity index (χ3n) is 5.04. The van der Waals surface area contributed by atoms with Gasteiger partial charge < -0.3 is 9.88 Å². The van der Waals surface area contributed by atoms with Crippen LogP contribution in [0.25, 0.3) is 5.69 Å². The molecule has 34 heavy (non-hydrogen) atoms. The van der Waals surface area contributed by atoms with E-state index >= 15 is 0 Å². The van der Waals surface area contributed by atoms with Crippen LogP contribution in [0, 0.1) is 0 Å². The molecular weight excluding hydrogens is 495 g/mol. The van der Waals surface area contributed by atoms with Gasteiger partial charge in [-0.1, -0.05) is 53.5 Å². The van der Waals surface area contributed by atoms with E-state index in [9.17, 15) is 13.2 Å². The molecule has 10 heteroatoms. The van der Waals surface area contributed by atoms with Gasteiger partial charge in [-0.15, -0.1) is 0 Å². The zero-order valence-corrected chi connectivity index (χ0v) is 20.1. The summed E-state index contributed by atoms with van der Waals surface area (Å²) >= 11 is 12.1. The van der Waals surface area contributed by atoms with Crippen molar-refractivity contribution in [2.24, 2.45) is 0 Å². The Morgan fingerprint density at radius 2 is 1.71 bits per heavy atom. The van der Waals surface area contributed by atoms with Crippen molar-refractivity contribution in [1.82, 2.24) is 14.9 Å². The zero-order chi connectivity index (χ0) is 24.1. The average molecular weight is 515 g/mol. The smallest absolute Gasteiger partial charge is 0.264 e. The van der Waals surface area contributed by atoms with Gasteiger partial charge >= 0.3 is 0 Å². The molecule has 0 aliphatic heterocycles. The lowest BCUT2D eigenvalue weighted by atomic mass is 10.2. The summed E-state index contributed by atoms with van der Waals surface area (Å²) < 4.78 is 29.6. The lowest BCUT2D eigenvalue weighted by Crippen LogP contribution is -2.40. The third-order valence-corrected chi connectivity index (χ3v) is 7.57. The van der Waals surface area contributed by atoms with Gasteiger partial charge in [0.25, 0.3) is 10.0 Å². The first-order valence-corrected chi connectivity index (χ1v) is 12.4. The molecule has 0 aliphatic rings. The third kappa shape index (κ3) is 5.41. The van der Waals surface area contributed by atoms with Crippen LogP contribution in [0.5, 0.6) is 0 Å². The molecule has 0 aliphatic carbocycles. The molecule has 0 spiro atoms. The van der Waals surface area contributed by atoms with E-state index in [1.165, 1.54) is 30.3 Å². The Kier molecular flexibility index (Phi) is 7.21. The van der Waals surface area contributed by atoms with Gasteiger partial charge in [-0.05, 0) is 48.0 Å². The van der Waals surface area contributed by atoms with E-state index in [2.05, 4.69) is 10.3 Å². The van der Waals surface area contributed by atoms with E-state index < -0.39 is 22.5 Å². The van der Waals surface area contributed by atoms with Crippen LogP contribution < -0.4 is 9.62 Å². The number of amides is 1. The van der Waals surface area contributed by atoms with Crippen LogP contribution >= 0.6 is 23.2 Å². The van der Waals surface area contributed by atoms with Crippen molar-refractivity contribution in [2.45, 2.75) is 11.4 Å². The van der Waals surface area contributed by atoms with E-state index in [0.717, 1.165) is 15.6 Å². The fourth-order valence-electron chi connectivity index (χ4n) is 3.26. The molecule has 1 heterocycles. The zero-order valence-electron chi connectivity index (χ0n) is 17.8. The summed E-state index contributed by atoms with van der Waals surface area (Å²) in [5, 5.41) is 3.25. The molecule has 0 unspecified atom stereocenters. The number of aromatic nitrogens is 2. The molecular formula is C24H20Cl2N4O3S. The van der Waals surface area contributed by atoms with E-state index in [1.54, 1.807) is 30.7 Å². The van der Waals surface area contributed by atoms with Crippen LogP contribution in [-0.4, -0.2) is 30.4 Å². The molecule has 3 aromatic carbocycles. The highest BCUT2D eigenvalue weighted by molar-refractivity contribution is 7.92. The molecule has 0 radical (unpaired) electrons. The second-order valence-electron chi connectivity index (χ2n) is 7.34. The predicted octanol–water partition coefficient (Wildman–Crippen LogP) is 4.69. The summed E-state index contributed by atoms with van der Waals surface area (Å²) in [6.45, 7) is -0.189. The highest BCUT2D eigenvalue weighted by atomic mass is 35.5. The number of carbonyl (C=O) groups is 1. The number of rotatable bonds is 8. The monoisotopic (exact) mass is 514 g/mol. The number of halogens is 2. The van der Waals surface area contributed by atoms with Crippen molar-refractivity contribution >= 4 is 44.8 Å². The van der Waals surface area contributed by atoms with Gasteiger partial charge in [0.1, 0.15) is 6.54 Å². The number of sulfonamides is 1. The first-order valence-electron chi connectivity index (χ1n) is 10.2.